The van der Waals surface area contributed by atoms with Crippen LogP contribution in [0.25, 0.3) is 0 Å². The maximum Gasteiger partial charge on any atom is 0.244 e. The minimum absolute atomic E-state index is 0.0322. The Kier molecular flexibility index (Phi) is 4.08. The van der Waals surface area contributed by atoms with E-state index in [2.05, 4.69) is 15.5 Å². The normalized spacial score (nSPS) is 23.9. The summed E-state index contributed by atoms with van der Waals surface area (Å²) in [5, 5.41) is 11.6. The Bertz CT molecular complexity index is 469. The smallest absolute Gasteiger partial charge is 0.244 e. The van der Waals surface area contributed by atoms with Gasteiger partial charge in [-0.1, -0.05) is 20.8 Å². The first-order valence-corrected chi connectivity index (χ1v) is 6.97. The van der Waals surface area contributed by atoms with Crippen LogP contribution in [-0.4, -0.2) is 56.3 Å². The zero-order chi connectivity index (χ0) is 14.9. The number of nitrogens with zero attached hydrogens (tertiary/aromatic N) is 5. The van der Waals surface area contributed by atoms with E-state index in [0.717, 1.165) is 5.82 Å². The summed E-state index contributed by atoms with van der Waals surface area (Å²) >= 11 is 0. The number of tetrazole rings is 1. The molecule has 7 nitrogen and oxygen atoms in total. The van der Waals surface area contributed by atoms with Gasteiger partial charge in [-0.3, -0.25) is 4.79 Å². The van der Waals surface area contributed by atoms with Gasteiger partial charge < -0.3 is 9.64 Å². The highest BCUT2D eigenvalue weighted by atomic mass is 16.5. The van der Waals surface area contributed by atoms with E-state index >= 15 is 0 Å². The fraction of sp³-hybridized carbons (Fsp3) is 0.846. The largest absolute Gasteiger partial charge is 0.372 e. The molecule has 1 amide bonds. The van der Waals surface area contributed by atoms with Crippen molar-refractivity contribution in [1.29, 1.82) is 0 Å². The van der Waals surface area contributed by atoms with E-state index in [1.807, 2.05) is 39.5 Å². The quantitative estimate of drug-likeness (QED) is 0.794. The first kappa shape index (κ1) is 14.9. The molecule has 2 rings (SSSR count). The van der Waals surface area contributed by atoms with Gasteiger partial charge in [0.25, 0.3) is 0 Å². The van der Waals surface area contributed by atoms with Crippen molar-refractivity contribution in [2.75, 3.05) is 13.1 Å². The molecule has 7 heteroatoms. The highest BCUT2D eigenvalue weighted by Crippen LogP contribution is 2.19. The summed E-state index contributed by atoms with van der Waals surface area (Å²) in [6.45, 7) is 11.5. The number of amides is 1. The van der Waals surface area contributed by atoms with E-state index in [1.165, 1.54) is 0 Å². The van der Waals surface area contributed by atoms with E-state index in [4.69, 9.17) is 4.74 Å². The van der Waals surface area contributed by atoms with Crippen molar-refractivity contribution in [3.63, 3.8) is 0 Å². The van der Waals surface area contributed by atoms with Crippen molar-refractivity contribution in [1.82, 2.24) is 25.1 Å². The van der Waals surface area contributed by atoms with Crippen LogP contribution in [0, 0.1) is 0 Å². The van der Waals surface area contributed by atoms with Gasteiger partial charge in [0.1, 0.15) is 6.54 Å². The number of hydrogen-bond acceptors (Lipinski definition) is 5. The average Bonchev–Trinajstić information content (AvgIpc) is 2.75. The second-order valence-electron chi connectivity index (χ2n) is 6.47. The van der Waals surface area contributed by atoms with Gasteiger partial charge in [0, 0.05) is 18.5 Å². The second kappa shape index (κ2) is 5.47. The van der Waals surface area contributed by atoms with Crippen LogP contribution in [0.4, 0.5) is 0 Å². The van der Waals surface area contributed by atoms with Gasteiger partial charge in [0.05, 0.1) is 12.2 Å². The number of hydrogen-bond donors (Lipinski definition) is 0. The van der Waals surface area contributed by atoms with Crippen LogP contribution in [0.5, 0.6) is 0 Å². The third kappa shape index (κ3) is 3.33. The molecule has 2 heterocycles. The molecular formula is C13H23N5O2. The predicted molar refractivity (Wildman–Crippen MR) is 73.1 cm³/mol. The predicted octanol–water partition coefficient (Wildman–Crippen LogP) is 0.606. The molecule has 0 N–H and O–H groups in total. The SMILES string of the molecule is CC1CN(C(=O)Cn2nnnc2C(C)(C)C)CC(C)O1. The van der Waals surface area contributed by atoms with E-state index in [-0.39, 0.29) is 30.1 Å². The molecular weight excluding hydrogens is 258 g/mol. The van der Waals surface area contributed by atoms with Crippen LogP contribution in [-0.2, 0) is 21.5 Å². The molecule has 1 fully saturated rings. The molecule has 20 heavy (non-hydrogen) atoms. The lowest BCUT2D eigenvalue weighted by atomic mass is 9.96. The highest BCUT2D eigenvalue weighted by molar-refractivity contribution is 5.76. The summed E-state index contributed by atoms with van der Waals surface area (Å²) < 4.78 is 7.23. The van der Waals surface area contributed by atoms with Crippen LogP contribution < -0.4 is 0 Å². The summed E-state index contributed by atoms with van der Waals surface area (Å²) in [7, 11) is 0. The molecule has 0 aliphatic carbocycles. The van der Waals surface area contributed by atoms with Gasteiger partial charge >= 0.3 is 0 Å². The van der Waals surface area contributed by atoms with Gasteiger partial charge in [-0.15, -0.1) is 5.10 Å². The number of morpholine rings is 1. The summed E-state index contributed by atoms with van der Waals surface area (Å²) in [4.78, 5) is 14.2. The minimum Gasteiger partial charge on any atom is -0.372 e. The zero-order valence-electron chi connectivity index (χ0n) is 12.8. The molecule has 0 bridgehead atoms. The summed E-state index contributed by atoms with van der Waals surface area (Å²) in [6.07, 6.45) is 0.136. The van der Waals surface area contributed by atoms with Crippen molar-refractivity contribution < 1.29 is 9.53 Å². The molecule has 2 atom stereocenters. The van der Waals surface area contributed by atoms with Gasteiger partial charge in [-0.2, -0.15) is 0 Å². The lowest BCUT2D eigenvalue weighted by Gasteiger charge is -2.35. The maximum absolute atomic E-state index is 12.4. The first-order chi connectivity index (χ1) is 9.27. The molecule has 0 spiro atoms. The molecule has 0 aromatic carbocycles. The summed E-state index contributed by atoms with van der Waals surface area (Å²) in [5.41, 5.74) is -0.185. The van der Waals surface area contributed by atoms with E-state index in [0.29, 0.717) is 13.1 Å². The minimum atomic E-state index is -0.185. The number of carbonyl (C=O) groups excluding carboxylic acids is 1. The van der Waals surface area contributed by atoms with E-state index in [1.54, 1.807) is 4.68 Å². The number of carbonyl (C=O) groups is 1. The van der Waals surface area contributed by atoms with Crippen LogP contribution in [0.15, 0.2) is 0 Å². The summed E-state index contributed by atoms with van der Waals surface area (Å²) in [5.74, 6) is 0.755. The van der Waals surface area contributed by atoms with Crippen LogP contribution >= 0.6 is 0 Å². The maximum atomic E-state index is 12.4. The number of aromatic nitrogens is 4. The van der Waals surface area contributed by atoms with Gasteiger partial charge in [0.2, 0.25) is 5.91 Å². The van der Waals surface area contributed by atoms with Crippen LogP contribution in [0.3, 0.4) is 0 Å². The fourth-order valence-electron chi connectivity index (χ4n) is 2.46. The topological polar surface area (TPSA) is 73.1 Å². The third-order valence-corrected chi connectivity index (χ3v) is 3.26. The zero-order valence-corrected chi connectivity index (χ0v) is 12.8. The Morgan fingerprint density at radius 3 is 2.45 bits per heavy atom. The van der Waals surface area contributed by atoms with Crippen molar-refractivity contribution in [2.24, 2.45) is 0 Å². The fourth-order valence-corrected chi connectivity index (χ4v) is 2.46. The van der Waals surface area contributed by atoms with Crippen LogP contribution in [0.1, 0.15) is 40.4 Å². The molecule has 2 unspecified atom stereocenters. The highest BCUT2D eigenvalue weighted by Gasteiger charge is 2.28. The molecule has 1 saturated heterocycles. The monoisotopic (exact) mass is 281 g/mol. The summed E-state index contributed by atoms with van der Waals surface area (Å²) in [6, 6.07) is 0. The Morgan fingerprint density at radius 1 is 1.30 bits per heavy atom. The van der Waals surface area contributed by atoms with Crippen molar-refractivity contribution in [2.45, 2.75) is 58.8 Å². The molecule has 112 valence electrons. The molecule has 0 radical (unpaired) electrons. The lowest BCUT2D eigenvalue weighted by Crippen LogP contribution is -2.49. The van der Waals surface area contributed by atoms with Crippen molar-refractivity contribution in [3.8, 4) is 0 Å². The molecule has 1 aromatic heterocycles. The Balaban J connectivity index is 2.07. The molecule has 0 saturated carbocycles. The number of ether oxygens (including phenoxy) is 1. The van der Waals surface area contributed by atoms with Gasteiger partial charge in [-0.25, -0.2) is 4.68 Å². The van der Waals surface area contributed by atoms with E-state index in [9.17, 15) is 4.79 Å². The van der Waals surface area contributed by atoms with E-state index < -0.39 is 0 Å². The van der Waals surface area contributed by atoms with Gasteiger partial charge in [0.15, 0.2) is 5.82 Å². The average molecular weight is 281 g/mol. The number of rotatable bonds is 2. The standard InChI is InChI=1S/C13H23N5O2/c1-9-6-17(7-10(2)20-9)11(19)8-18-12(13(3,4)5)14-15-16-18/h9-10H,6-8H2,1-5H3. The van der Waals surface area contributed by atoms with Crippen LogP contribution in [0.2, 0.25) is 0 Å². The lowest BCUT2D eigenvalue weighted by molar-refractivity contribution is -0.144. The molecule has 1 aliphatic rings. The van der Waals surface area contributed by atoms with Gasteiger partial charge in [-0.05, 0) is 24.3 Å². The van der Waals surface area contributed by atoms with Crippen molar-refractivity contribution in [3.05, 3.63) is 5.82 Å². The molecule has 1 aliphatic heterocycles. The van der Waals surface area contributed by atoms with Crippen molar-refractivity contribution >= 4 is 5.91 Å². The molecule has 1 aromatic rings. The Labute approximate surface area is 119 Å². The second-order valence-corrected chi connectivity index (χ2v) is 6.47. The third-order valence-electron chi connectivity index (χ3n) is 3.26. The first-order valence-electron chi connectivity index (χ1n) is 6.97. The Morgan fingerprint density at radius 2 is 1.90 bits per heavy atom. The Hall–Kier alpha value is -1.50.